The van der Waals surface area contributed by atoms with Crippen LogP contribution in [0.2, 0.25) is 0 Å². The number of hydrogen-bond acceptors (Lipinski definition) is 5. The molecule has 1 aliphatic heterocycles. The number of carbonyl (C=O) groups is 3. The monoisotopic (exact) mass is 458 g/mol. The molecule has 1 aliphatic rings. The Morgan fingerprint density at radius 1 is 0.970 bits per heavy atom. The van der Waals surface area contributed by atoms with E-state index in [-0.39, 0.29) is 11.4 Å². The maximum Gasteiger partial charge on any atom is 0.294 e. The van der Waals surface area contributed by atoms with Crippen molar-refractivity contribution >= 4 is 40.6 Å². The lowest BCUT2D eigenvalue weighted by Gasteiger charge is -2.12. The molecule has 1 heterocycles. The Bertz CT molecular complexity index is 1190. The van der Waals surface area contributed by atoms with Gasteiger partial charge in [-0.05, 0) is 60.2 Å². The summed E-state index contributed by atoms with van der Waals surface area (Å²) in [6, 6.07) is 24.3. The standard InChI is InChI=1S/C26H22N2O4S/c1-18-7-9-20(10-8-18)17-32-22-13-11-19(12-14-22)15-23-25(30)28(26(31)33-23)16-24(29)27-21-5-3-2-4-6-21/h2-15H,16-17H2,1H3,(H,27,29)/b23-15-. The third-order valence-electron chi connectivity index (χ3n) is 4.94. The number of benzene rings is 3. The molecule has 1 N–H and O–H groups in total. The molecule has 1 fully saturated rings. The van der Waals surface area contributed by atoms with E-state index >= 15 is 0 Å². The lowest BCUT2D eigenvalue weighted by atomic mass is 10.1. The van der Waals surface area contributed by atoms with Gasteiger partial charge in [0.05, 0.1) is 4.91 Å². The quantitative estimate of drug-likeness (QED) is 0.490. The molecule has 166 valence electrons. The summed E-state index contributed by atoms with van der Waals surface area (Å²) in [5, 5.41) is 2.21. The number of nitrogens with zero attached hydrogens (tertiary/aromatic N) is 1. The van der Waals surface area contributed by atoms with E-state index in [9.17, 15) is 14.4 Å². The van der Waals surface area contributed by atoms with E-state index in [1.165, 1.54) is 5.56 Å². The topological polar surface area (TPSA) is 75.7 Å². The first-order valence-electron chi connectivity index (χ1n) is 10.4. The van der Waals surface area contributed by atoms with Crippen molar-refractivity contribution in [2.75, 3.05) is 11.9 Å². The minimum atomic E-state index is -0.479. The van der Waals surface area contributed by atoms with Gasteiger partial charge < -0.3 is 10.1 Å². The van der Waals surface area contributed by atoms with Crippen molar-refractivity contribution in [1.82, 2.24) is 4.90 Å². The molecule has 0 aliphatic carbocycles. The summed E-state index contributed by atoms with van der Waals surface area (Å²) >= 11 is 0.825. The second-order valence-corrected chi connectivity index (χ2v) is 8.52. The Morgan fingerprint density at radius 3 is 2.36 bits per heavy atom. The van der Waals surface area contributed by atoms with Gasteiger partial charge in [-0.1, -0.05) is 60.2 Å². The molecular formula is C26H22N2O4S. The third-order valence-corrected chi connectivity index (χ3v) is 5.84. The number of thioether (sulfide) groups is 1. The van der Waals surface area contributed by atoms with E-state index in [1.807, 2.05) is 61.5 Å². The van der Waals surface area contributed by atoms with E-state index in [0.717, 1.165) is 27.8 Å². The van der Waals surface area contributed by atoms with Crippen molar-refractivity contribution in [3.63, 3.8) is 0 Å². The highest BCUT2D eigenvalue weighted by molar-refractivity contribution is 8.18. The second kappa shape index (κ2) is 10.2. The summed E-state index contributed by atoms with van der Waals surface area (Å²) in [7, 11) is 0. The highest BCUT2D eigenvalue weighted by Crippen LogP contribution is 2.32. The number of amides is 3. The summed E-state index contributed by atoms with van der Waals surface area (Å²) in [6.45, 7) is 2.17. The van der Waals surface area contributed by atoms with Crippen LogP contribution in [0.1, 0.15) is 16.7 Å². The number of para-hydroxylation sites is 1. The van der Waals surface area contributed by atoms with Crippen molar-refractivity contribution < 1.29 is 19.1 Å². The number of carbonyl (C=O) groups excluding carboxylic acids is 3. The van der Waals surface area contributed by atoms with Crippen LogP contribution in [0.3, 0.4) is 0 Å². The zero-order valence-corrected chi connectivity index (χ0v) is 18.8. The molecule has 0 saturated carbocycles. The first-order valence-corrected chi connectivity index (χ1v) is 11.2. The Hall–Kier alpha value is -3.84. The van der Waals surface area contributed by atoms with Gasteiger partial charge in [-0.2, -0.15) is 0 Å². The van der Waals surface area contributed by atoms with Crippen molar-refractivity contribution in [1.29, 1.82) is 0 Å². The SMILES string of the molecule is Cc1ccc(COc2ccc(/C=C3\SC(=O)N(CC(=O)Nc4ccccc4)C3=O)cc2)cc1. The van der Waals surface area contributed by atoms with Crippen LogP contribution in [0.5, 0.6) is 5.75 Å². The molecule has 0 atom stereocenters. The number of hydrogen-bond donors (Lipinski definition) is 1. The van der Waals surface area contributed by atoms with E-state index in [0.29, 0.717) is 18.0 Å². The van der Waals surface area contributed by atoms with Gasteiger partial charge in [0.25, 0.3) is 11.1 Å². The Labute approximate surface area is 196 Å². The Balaban J connectivity index is 1.35. The molecule has 0 radical (unpaired) electrons. The van der Waals surface area contributed by atoms with Crippen LogP contribution >= 0.6 is 11.8 Å². The lowest BCUT2D eigenvalue weighted by molar-refractivity contribution is -0.127. The van der Waals surface area contributed by atoms with E-state index in [2.05, 4.69) is 5.32 Å². The van der Waals surface area contributed by atoms with Gasteiger partial charge in [0.15, 0.2) is 0 Å². The van der Waals surface area contributed by atoms with Gasteiger partial charge in [-0.15, -0.1) is 0 Å². The van der Waals surface area contributed by atoms with Crippen LogP contribution in [-0.2, 0) is 16.2 Å². The van der Waals surface area contributed by atoms with E-state index in [4.69, 9.17) is 4.74 Å². The molecule has 1 saturated heterocycles. The van der Waals surface area contributed by atoms with Crippen molar-refractivity contribution in [3.05, 3.63) is 100 Å². The maximum atomic E-state index is 12.7. The molecule has 3 aromatic carbocycles. The second-order valence-electron chi connectivity index (χ2n) is 7.53. The molecule has 3 amide bonds. The highest BCUT2D eigenvalue weighted by Gasteiger charge is 2.36. The largest absolute Gasteiger partial charge is 0.489 e. The van der Waals surface area contributed by atoms with Gasteiger partial charge in [-0.3, -0.25) is 19.3 Å². The van der Waals surface area contributed by atoms with E-state index < -0.39 is 17.1 Å². The van der Waals surface area contributed by atoms with E-state index in [1.54, 1.807) is 30.3 Å². The number of aryl methyl sites for hydroxylation is 1. The summed E-state index contributed by atoms with van der Waals surface area (Å²) in [5.41, 5.74) is 3.64. The molecular weight excluding hydrogens is 436 g/mol. The average Bonchev–Trinajstić information content (AvgIpc) is 3.07. The van der Waals surface area contributed by atoms with Gasteiger partial charge >= 0.3 is 0 Å². The number of rotatable bonds is 7. The Kier molecular flexibility index (Phi) is 6.90. The smallest absolute Gasteiger partial charge is 0.294 e. The molecule has 4 rings (SSSR count). The molecule has 0 aromatic heterocycles. The molecule has 0 unspecified atom stereocenters. The fraction of sp³-hybridized carbons (Fsp3) is 0.115. The van der Waals surface area contributed by atoms with Gasteiger partial charge in [0.1, 0.15) is 18.9 Å². The maximum absolute atomic E-state index is 12.7. The molecule has 33 heavy (non-hydrogen) atoms. The minimum absolute atomic E-state index is 0.279. The van der Waals surface area contributed by atoms with Crippen LogP contribution in [0.15, 0.2) is 83.8 Å². The fourth-order valence-electron chi connectivity index (χ4n) is 3.16. The summed E-state index contributed by atoms with van der Waals surface area (Å²) in [4.78, 5) is 38.4. The predicted octanol–water partition coefficient (Wildman–Crippen LogP) is 5.25. The number of ether oxygens (including phenoxy) is 1. The van der Waals surface area contributed by atoms with Crippen LogP contribution < -0.4 is 10.1 Å². The van der Waals surface area contributed by atoms with Crippen molar-refractivity contribution in [2.24, 2.45) is 0 Å². The van der Waals surface area contributed by atoms with Crippen LogP contribution in [-0.4, -0.2) is 28.5 Å². The van der Waals surface area contributed by atoms with Crippen LogP contribution in [0, 0.1) is 6.92 Å². The highest BCUT2D eigenvalue weighted by atomic mass is 32.2. The normalized spacial score (nSPS) is 14.6. The summed E-state index contributed by atoms with van der Waals surface area (Å²) < 4.78 is 5.81. The van der Waals surface area contributed by atoms with Gasteiger partial charge in [0, 0.05) is 5.69 Å². The summed E-state index contributed by atoms with van der Waals surface area (Å²) in [6.07, 6.45) is 1.64. The van der Waals surface area contributed by atoms with Crippen molar-refractivity contribution in [2.45, 2.75) is 13.5 Å². The predicted molar refractivity (Wildman–Crippen MR) is 130 cm³/mol. The number of nitrogens with one attached hydrogen (secondary N) is 1. The fourth-order valence-corrected chi connectivity index (χ4v) is 4.00. The summed E-state index contributed by atoms with van der Waals surface area (Å²) in [5.74, 6) is -0.203. The van der Waals surface area contributed by atoms with Gasteiger partial charge in [-0.25, -0.2) is 0 Å². The molecule has 0 spiro atoms. The van der Waals surface area contributed by atoms with Crippen LogP contribution in [0.25, 0.3) is 6.08 Å². The minimum Gasteiger partial charge on any atom is -0.489 e. The molecule has 3 aromatic rings. The zero-order valence-electron chi connectivity index (χ0n) is 18.0. The Morgan fingerprint density at radius 2 is 1.67 bits per heavy atom. The molecule has 0 bridgehead atoms. The molecule has 6 nitrogen and oxygen atoms in total. The first-order chi connectivity index (χ1) is 16.0. The zero-order chi connectivity index (χ0) is 23.2. The lowest BCUT2D eigenvalue weighted by Crippen LogP contribution is -2.36. The van der Waals surface area contributed by atoms with Crippen LogP contribution in [0.4, 0.5) is 10.5 Å². The number of imide groups is 1. The number of anilines is 1. The van der Waals surface area contributed by atoms with Crippen molar-refractivity contribution in [3.8, 4) is 5.75 Å². The third kappa shape index (κ3) is 5.90. The molecule has 7 heteroatoms. The average molecular weight is 459 g/mol. The van der Waals surface area contributed by atoms with Gasteiger partial charge in [0.2, 0.25) is 5.91 Å². The first kappa shape index (κ1) is 22.4.